The van der Waals surface area contributed by atoms with Crippen molar-refractivity contribution in [2.24, 2.45) is 0 Å². The molecule has 0 unspecified atom stereocenters. The van der Waals surface area contributed by atoms with E-state index in [4.69, 9.17) is 13.6 Å². The van der Waals surface area contributed by atoms with E-state index in [1.807, 2.05) is 0 Å². The van der Waals surface area contributed by atoms with E-state index >= 15 is 0 Å². The fourth-order valence-electron chi connectivity index (χ4n) is 16.1. The van der Waals surface area contributed by atoms with Crippen LogP contribution in [-0.4, -0.2) is 20.4 Å². The molecule has 19 rings (SSSR count). The summed E-state index contributed by atoms with van der Waals surface area (Å²) in [7, 11) is 0. The van der Waals surface area contributed by atoms with Crippen LogP contribution in [0, 0.1) is 41.5 Å². The zero-order valence-electron chi connectivity index (χ0n) is 47.8. The zero-order valence-corrected chi connectivity index (χ0v) is 47.8. The van der Waals surface area contributed by atoms with E-state index in [1.54, 1.807) is 0 Å². The predicted octanol–water partition coefficient (Wildman–Crippen LogP) is 18.9. The third-order valence-electron chi connectivity index (χ3n) is 19.2. The smallest absolute Gasteiger partial charge is 0.256 e. The Hall–Kier alpha value is -10.5. The van der Waals surface area contributed by atoms with Crippen LogP contribution in [0.4, 0.5) is 0 Å². The van der Waals surface area contributed by atoms with E-state index in [0.29, 0.717) is 0 Å². The van der Waals surface area contributed by atoms with Gasteiger partial charge < -0.3 is 27.3 Å². The number of ether oxygens (including phenoxy) is 1. The largest absolute Gasteiger partial charge is 0.458 e. The maximum atomic E-state index is 7.45. The maximum Gasteiger partial charge on any atom is 0.256 e. The second-order valence-electron chi connectivity index (χ2n) is 24.3. The van der Waals surface area contributed by atoms with Crippen LogP contribution < -0.4 is 21.1 Å². The van der Waals surface area contributed by atoms with Crippen molar-refractivity contribution in [1.82, 2.24) is 13.7 Å². The Balaban J connectivity index is 0.957. The van der Waals surface area contributed by atoms with Crippen LogP contribution in [-0.2, 0) is 0 Å². The average molecular weight is 1090 g/mol. The predicted molar refractivity (Wildman–Crippen MR) is 354 cm³/mol. The topological polar surface area (TPSA) is 50.3 Å². The van der Waals surface area contributed by atoms with Gasteiger partial charge in [0.05, 0.1) is 43.9 Å². The van der Waals surface area contributed by atoms with E-state index in [-0.39, 0.29) is 6.71 Å². The molecule has 7 heterocycles. The molecule has 85 heavy (non-hydrogen) atoms. The molecule has 2 aliphatic rings. The third-order valence-corrected chi connectivity index (χ3v) is 19.2. The third kappa shape index (κ3) is 6.24. The van der Waals surface area contributed by atoms with Gasteiger partial charge in [-0.15, -0.1) is 0 Å². The summed E-state index contributed by atoms with van der Waals surface area (Å²) in [5, 5.41) is 11.2. The number of furan rings is 2. The summed E-state index contributed by atoms with van der Waals surface area (Å²) >= 11 is 0. The lowest BCUT2D eigenvalue weighted by molar-refractivity contribution is 0.487. The molecule has 2 aliphatic heterocycles. The first-order chi connectivity index (χ1) is 41.6. The molecular formula is C78H52BN3O3. The van der Waals surface area contributed by atoms with E-state index < -0.39 is 0 Å². The SMILES string of the molecule is Cc1cc(C)c(-c2ccc3c(c2)B2c4c(cc(-c5c(C)cc(C)cc5C)cc4-n4c5ccc6c7cc(-n8c9ccccc9c9ccccc98)ccc7oc6c5c5c6oc7ccc(-n8c9ccccc9c9ccccc98)cc7c6cc2c54)O3)c(C)c1. The first kappa shape index (κ1) is 47.0. The maximum absolute atomic E-state index is 7.45. The van der Waals surface area contributed by atoms with Crippen molar-refractivity contribution in [3.63, 3.8) is 0 Å². The number of aromatic nitrogens is 3. The molecule has 0 aliphatic carbocycles. The Kier molecular flexibility index (Phi) is 9.20. The van der Waals surface area contributed by atoms with Gasteiger partial charge in [0.2, 0.25) is 0 Å². The number of benzene rings is 12. The highest BCUT2D eigenvalue weighted by Crippen LogP contribution is 2.49. The Bertz CT molecular complexity index is 5760. The van der Waals surface area contributed by atoms with Gasteiger partial charge in [0.1, 0.15) is 33.8 Å². The number of fused-ring (bicyclic) bond motifs is 21. The lowest BCUT2D eigenvalue weighted by atomic mass is 9.34. The van der Waals surface area contributed by atoms with E-state index in [1.165, 1.54) is 88.1 Å². The standard InChI is InChI=1S/C78H52BN3O3/c1-41-31-43(3)71(44(4)32-41)47-23-28-69-59(35-47)79-60-40-58-57-39-50(81-63-21-13-9-17-53(63)54-18-10-14-22-64(54)81)25-30-68(57)85-78(58)74-73-65(82(76(60)74)66-36-48(37-70(83-69)75(66)79)72-45(5)33-42(2)34-46(72)6)27-26-55-56-38-49(24-29-67(56)84-77(55)73)80-61-19-11-7-15-51(61)52-16-8-12-20-62(52)80/h7-40H,1-6H3. The van der Waals surface area contributed by atoms with Crippen LogP contribution >= 0.6 is 0 Å². The molecule has 12 aromatic carbocycles. The van der Waals surface area contributed by atoms with Crippen LogP contribution in [0.5, 0.6) is 11.5 Å². The quantitative estimate of drug-likeness (QED) is 0.165. The normalized spacial score (nSPS) is 12.9. The molecule has 0 saturated heterocycles. The molecule has 0 radical (unpaired) electrons. The number of rotatable bonds is 4. The summed E-state index contributed by atoms with van der Waals surface area (Å²) in [6, 6.07) is 76.3. The van der Waals surface area contributed by atoms with Gasteiger partial charge in [-0.25, -0.2) is 0 Å². The summed E-state index contributed by atoms with van der Waals surface area (Å²) < 4.78 is 29.5. The fourth-order valence-corrected chi connectivity index (χ4v) is 16.1. The Morgan fingerprint density at radius 1 is 0.341 bits per heavy atom. The Morgan fingerprint density at radius 3 is 1.40 bits per heavy atom. The van der Waals surface area contributed by atoms with E-state index in [0.717, 1.165) is 122 Å². The minimum absolute atomic E-state index is 0.205. The molecule has 6 nitrogen and oxygen atoms in total. The monoisotopic (exact) mass is 1090 g/mol. The van der Waals surface area contributed by atoms with Gasteiger partial charge in [-0.05, 0) is 193 Å². The summed E-state index contributed by atoms with van der Waals surface area (Å²) in [5.41, 5.74) is 29.2. The summed E-state index contributed by atoms with van der Waals surface area (Å²) in [6.07, 6.45) is 0. The molecule has 5 aromatic heterocycles. The minimum Gasteiger partial charge on any atom is -0.458 e. The molecule has 0 spiro atoms. The Morgan fingerprint density at radius 2 is 0.847 bits per heavy atom. The number of aryl methyl sites for hydroxylation is 6. The van der Waals surface area contributed by atoms with Gasteiger partial charge in [0.25, 0.3) is 6.71 Å². The van der Waals surface area contributed by atoms with E-state index in [2.05, 4.69) is 262 Å². The van der Waals surface area contributed by atoms with Crippen LogP contribution in [0.1, 0.15) is 33.4 Å². The van der Waals surface area contributed by atoms with E-state index in [9.17, 15) is 0 Å². The van der Waals surface area contributed by atoms with Crippen molar-refractivity contribution < 1.29 is 13.6 Å². The molecule has 0 fully saturated rings. The molecule has 400 valence electrons. The van der Waals surface area contributed by atoms with Gasteiger partial charge in [-0.3, -0.25) is 0 Å². The lowest BCUT2D eigenvalue weighted by Crippen LogP contribution is -2.58. The first-order valence-electron chi connectivity index (χ1n) is 29.6. The van der Waals surface area contributed by atoms with Gasteiger partial charge in [0, 0.05) is 60.2 Å². The second-order valence-corrected chi connectivity index (χ2v) is 24.3. The average Bonchev–Trinajstić information content (AvgIpc) is 1.66. The first-order valence-corrected chi connectivity index (χ1v) is 29.6. The highest BCUT2D eigenvalue weighted by atomic mass is 16.5. The molecule has 0 bridgehead atoms. The van der Waals surface area contributed by atoms with Crippen molar-refractivity contribution in [3.05, 3.63) is 240 Å². The molecule has 0 N–H and O–H groups in total. The number of hydrogen-bond donors (Lipinski definition) is 0. The number of hydrogen-bond acceptors (Lipinski definition) is 3. The summed E-state index contributed by atoms with van der Waals surface area (Å²) in [6.45, 7) is 13.1. The molecule has 0 amide bonds. The van der Waals surface area contributed by atoms with Crippen molar-refractivity contribution in [3.8, 4) is 50.8 Å². The van der Waals surface area contributed by atoms with Crippen molar-refractivity contribution in [2.75, 3.05) is 0 Å². The molecule has 0 saturated carbocycles. The molecular weight excluding hydrogens is 1040 g/mol. The van der Waals surface area contributed by atoms with Gasteiger partial charge in [0.15, 0.2) is 0 Å². The number of nitrogens with zero attached hydrogens (tertiary/aromatic N) is 3. The highest BCUT2D eigenvalue weighted by Gasteiger charge is 2.43. The zero-order chi connectivity index (χ0) is 56.4. The highest BCUT2D eigenvalue weighted by molar-refractivity contribution is 6.99. The minimum atomic E-state index is -0.205. The molecule has 0 atom stereocenters. The molecule has 17 aromatic rings. The number of para-hydroxylation sites is 4. The van der Waals surface area contributed by atoms with Crippen LogP contribution in [0.25, 0.3) is 149 Å². The van der Waals surface area contributed by atoms with Crippen LogP contribution in [0.2, 0.25) is 0 Å². The van der Waals surface area contributed by atoms with Gasteiger partial charge in [-0.2, -0.15) is 0 Å². The summed E-state index contributed by atoms with van der Waals surface area (Å²) in [4.78, 5) is 0. The lowest BCUT2D eigenvalue weighted by Gasteiger charge is -2.34. The van der Waals surface area contributed by atoms with Gasteiger partial charge >= 0.3 is 0 Å². The summed E-state index contributed by atoms with van der Waals surface area (Å²) in [5.74, 6) is 1.74. The van der Waals surface area contributed by atoms with Crippen molar-refractivity contribution in [2.45, 2.75) is 41.5 Å². The Labute approximate surface area is 489 Å². The van der Waals surface area contributed by atoms with Crippen molar-refractivity contribution in [1.29, 1.82) is 0 Å². The van der Waals surface area contributed by atoms with Gasteiger partial charge in [-0.1, -0.05) is 126 Å². The second kappa shape index (κ2) is 16.6. The van der Waals surface area contributed by atoms with Crippen molar-refractivity contribution >= 4 is 132 Å². The molecule has 7 heteroatoms. The fraction of sp³-hybridized carbons (Fsp3) is 0.0769. The van der Waals surface area contributed by atoms with Crippen LogP contribution in [0.15, 0.2) is 215 Å². The van der Waals surface area contributed by atoms with Crippen LogP contribution in [0.3, 0.4) is 0 Å².